The summed E-state index contributed by atoms with van der Waals surface area (Å²) in [5, 5.41) is 13.5. The number of anilines is 1. The summed E-state index contributed by atoms with van der Waals surface area (Å²) < 4.78 is 5.22. The predicted octanol–water partition coefficient (Wildman–Crippen LogP) is 1.20. The number of nitro groups is 1. The van der Waals surface area contributed by atoms with E-state index in [1.807, 2.05) is 0 Å². The van der Waals surface area contributed by atoms with Gasteiger partial charge < -0.3 is 10.1 Å². The molecule has 0 unspecified atom stereocenters. The van der Waals surface area contributed by atoms with Crippen LogP contribution in [0.25, 0.3) is 0 Å². The summed E-state index contributed by atoms with van der Waals surface area (Å²) in [6.07, 6.45) is 0.812. The Bertz CT molecular complexity index is 624. The van der Waals surface area contributed by atoms with Crippen molar-refractivity contribution in [3.05, 3.63) is 34.4 Å². The molecule has 0 radical (unpaired) electrons. The van der Waals surface area contributed by atoms with Crippen LogP contribution >= 0.6 is 0 Å². The maximum absolute atomic E-state index is 12.6. The van der Waals surface area contributed by atoms with Crippen LogP contribution in [0.15, 0.2) is 24.3 Å². The zero-order valence-corrected chi connectivity index (χ0v) is 11.1. The number of nitrogens with one attached hydrogen (secondary N) is 1. The van der Waals surface area contributed by atoms with Crippen LogP contribution in [0.4, 0.5) is 16.2 Å². The number of carbonyl (C=O) groups is 2. The summed E-state index contributed by atoms with van der Waals surface area (Å²) in [7, 11) is 0. The van der Waals surface area contributed by atoms with Gasteiger partial charge in [0, 0.05) is 38.2 Å². The number of nitrogens with zero attached hydrogens (tertiary/aromatic N) is 2. The van der Waals surface area contributed by atoms with Crippen molar-refractivity contribution in [1.29, 1.82) is 0 Å². The molecular formula is C13H13N3O5. The molecule has 2 fully saturated rings. The Morgan fingerprint density at radius 2 is 2.00 bits per heavy atom. The summed E-state index contributed by atoms with van der Waals surface area (Å²) in [6.45, 7) is 0.795. The minimum Gasteiger partial charge on any atom is -0.381 e. The Balaban J connectivity index is 1.95. The lowest BCUT2D eigenvalue weighted by Gasteiger charge is -2.30. The number of imide groups is 1. The number of non-ortho nitro benzene ring substituents is 1. The van der Waals surface area contributed by atoms with Crippen molar-refractivity contribution < 1.29 is 19.2 Å². The first kappa shape index (κ1) is 13.5. The lowest BCUT2D eigenvalue weighted by atomic mass is 9.90. The van der Waals surface area contributed by atoms with Gasteiger partial charge in [-0.1, -0.05) is 6.07 Å². The number of nitro benzene ring substituents is 1. The monoisotopic (exact) mass is 291 g/mol. The highest BCUT2D eigenvalue weighted by Crippen LogP contribution is 2.32. The molecule has 21 heavy (non-hydrogen) atoms. The Kier molecular flexibility index (Phi) is 3.09. The van der Waals surface area contributed by atoms with Crippen LogP contribution in [0.2, 0.25) is 0 Å². The van der Waals surface area contributed by atoms with Gasteiger partial charge in [-0.3, -0.25) is 14.9 Å². The van der Waals surface area contributed by atoms with Crippen LogP contribution < -0.4 is 10.2 Å². The minimum absolute atomic E-state index is 0.166. The number of rotatable bonds is 2. The van der Waals surface area contributed by atoms with E-state index in [0.717, 1.165) is 4.90 Å². The van der Waals surface area contributed by atoms with Crippen molar-refractivity contribution in [2.45, 2.75) is 18.4 Å². The van der Waals surface area contributed by atoms with Crippen molar-refractivity contribution in [3.8, 4) is 0 Å². The summed E-state index contributed by atoms with van der Waals surface area (Å²) in [5.74, 6) is -0.378. The van der Waals surface area contributed by atoms with Crippen molar-refractivity contribution >= 4 is 23.3 Å². The molecule has 110 valence electrons. The van der Waals surface area contributed by atoms with E-state index in [2.05, 4.69) is 5.32 Å². The van der Waals surface area contributed by atoms with Gasteiger partial charge in [0.25, 0.3) is 11.6 Å². The van der Waals surface area contributed by atoms with Gasteiger partial charge in [0.2, 0.25) is 0 Å². The average Bonchev–Trinajstić information content (AvgIpc) is 2.71. The molecule has 1 aromatic carbocycles. The summed E-state index contributed by atoms with van der Waals surface area (Å²) >= 11 is 0. The van der Waals surface area contributed by atoms with Gasteiger partial charge in [0.05, 0.1) is 10.6 Å². The molecule has 8 nitrogen and oxygen atoms in total. The number of carbonyl (C=O) groups excluding carboxylic acids is 2. The number of hydrogen-bond acceptors (Lipinski definition) is 5. The molecule has 0 aliphatic carbocycles. The molecule has 3 rings (SSSR count). The number of hydrogen-bond donors (Lipinski definition) is 1. The first-order valence-corrected chi connectivity index (χ1v) is 6.52. The molecule has 8 heteroatoms. The second kappa shape index (κ2) is 4.81. The van der Waals surface area contributed by atoms with Crippen molar-refractivity contribution in [2.24, 2.45) is 0 Å². The summed E-state index contributed by atoms with van der Waals surface area (Å²) in [4.78, 5) is 35.9. The fraction of sp³-hybridized carbons (Fsp3) is 0.385. The molecule has 0 saturated carbocycles. The molecule has 2 aliphatic rings. The Hall–Kier alpha value is -2.48. The fourth-order valence-corrected chi connectivity index (χ4v) is 2.66. The standard InChI is InChI=1S/C13H13N3O5/c17-11-13(4-6-21-7-5-13)14-12(18)15(11)9-2-1-3-10(8-9)16(19)20/h1-3,8H,4-7H2,(H,14,18). The van der Waals surface area contributed by atoms with Gasteiger partial charge in [-0.2, -0.15) is 0 Å². The molecule has 2 saturated heterocycles. The smallest absolute Gasteiger partial charge is 0.329 e. The maximum atomic E-state index is 12.6. The predicted molar refractivity (Wildman–Crippen MR) is 71.9 cm³/mol. The van der Waals surface area contributed by atoms with Crippen LogP contribution in [0.5, 0.6) is 0 Å². The normalized spacial score (nSPS) is 20.7. The fourth-order valence-electron chi connectivity index (χ4n) is 2.66. The largest absolute Gasteiger partial charge is 0.381 e. The molecule has 0 atom stereocenters. The molecule has 0 bridgehead atoms. The molecule has 1 N–H and O–H groups in total. The third-order valence-electron chi connectivity index (χ3n) is 3.81. The lowest BCUT2D eigenvalue weighted by molar-refractivity contribution is -0.384. The van der Waals surface area contributed by atoms with Crippen LogP contribution in [-0.4, -0.2) is 35.6 Å². The van der Waals surface area contributed by atoms with E-state index in [-0.39, 0.29) is 17.3 Å². The lowest BCUT2D eigenvalue weighted by Crippen LogP contribution is -2.51. The second-order valence-electron chi connectivity index (χ2n) is 5.04. The third kappa shape index (κ3) is 2.13. The first-order chi connectivity index (χ1) is 10.0. The highest BCUT2D eigenvalue weighted by molar-refractivity contribution is 6.23. The zero-order chi connectivity index (χ0) is 15.0. The number of amides is 3. The molecule has 1 spiro atoms. The molecule has 1 aromatic rings. The van der Waals surface area contributed by atoms with Gasteiger partial charge >= 0.3 is 6.03 Å². The van der Waals surface area contributed by atoms with Crippen molar-refractivity contribution in [2.75, 3.05) is 18.1 Å². The van der Waals surface area contributed by atoms with E-state index in [9.17, 15) is 19.7 Å². The molecule has 3 amide bonds. The first-order valence-electron chi connectivity index (χ1n) is 6.52. The molecule has 2 aliphatic heterocycles. The number of benzene rings is 1. The van der Waals surface area contributed by atoms with E-state index in [1.54, 1.807) is 0 Å². The topological polar surface area (TPSA) is 102 Å². The van der Waals surface area contributed by atoms with Crippen molar-refractivity contribution in [1.82, 2.24) is 5.32 Å². The van der Waals surface area contributed by atoms with Gasteiger partial charge in [0.15, 0.2) is 0 Å². The maximum Gasteiger partial charge on any atom is 0.329 e. The minimum atomic E-state index is -0.944. The molecule has 0 aromatic heterocycles. The zero-order valence-electron chi connectivity index (χ0n) is 11.1. The third-order valence-corrected chi connectivity index (χ3v) is 3.81. The second-order valence-corrected chi connectivity index (χ2v) is 5.04. The Labute approximate surface area is 119 Å². The quantitative estimate of drug-likeness (QED) is 0.501. The Morgan fingerprint density at radius 3 is 2.67 bits per heavy atom. The summed E-state index contributed by atoms with van der Waals surface area (Å²) in [5.41, 5.74) is -0.906. The number of ether oxygens (including phenoxy) is 1. The van der Waals surface area contributed by atoms with E-state index in [4.69, 9.17) is 4.74 Å². The molecule has 2 heterocycles. The van der Waals surface area contributed by atoms with Crippen molar-refractivity contribution in [3.63, 3.8) is 0 Å². The number of urea groups is 1. The van der Waals surface area contributed by atoms with Crippen LogP contribution in [0, 0.1) is 10.1 Å². The van der Waals surface area contributed by atoms with Crippen LogP contribution in [0.3, 0.4) is 0 Å². The summed E-state index contributed by atoms with van der Waals surface area (Å²) in [6, 6.07) is 4.93. The Morgan fingerprint density at radius 1 is 1.29 bits per heavy atom. The average molecular weight is 291 g/mol. The van der Waals surface area contributed by atoms with Gasteiger partial charge in [-0.25, -0.2) is 9.69 Å². The van der Waals surface area contributed by atoms with Crippen LogP contribution in [0.1, 0.15) is 12.8 Å². The van der Waals surface area contributed by atoms with E-state index < -0.39 is 16.5 Å². The van der Waals surface area contributed by atoms with Gasteiger partial charge in [0.1, 0.15) is 5.54 Å². The van der Waals surface area contributed by atoms with E-state index in [1.165, 1.54) is 24.3 Å². The highest BCUT2D eigenvalue weighted by atomic mass is 16.6. The highest BCUT2D eigenvalue weighted by Gasteiger charge is 2.52. The van der Waals surface area contributed by atoms with E-state index in [0.29, 0.717) is 26.1 Å². The van der Waals surface area contributed by atoms with E-state index >= 15 is 0 Å². The SMILES string of the molecule is O=C1NC2(CCOCC2)C(=O)N1c1cccc([N+](=O)[O-])c1. The molecular weight excluding hydrogens is 278 g/mol. The van der Waals surface area contributed by atoms with Gasteiger partial charge in [-0.15, -0.1) is 0 Å². The van der Waals surface area contributed by atoms with Crippen LogP contribution in [-0.2, 0) is 9.53 Å². The van der Waals surface area contributed by atoms with Gasteiger partial charge in [-0.05, 0) is 6.07 Å².